The lowest BCUT2D eigenvalue weighted by Gasteiger charge is -2.19. The van der Waals surface area contributed by atoms with Crippen molar-refractivity contribution in [3.05, 3.63) is 27.8 Å². The summed E-state index contributed by atoms with van der Waals surface area (Å²) in [6.45, 7) is 5.14. The molecule has 0 aliphatic heterocycles. The molecule has 0 aliphatic carbocycles. The third-order valence-electron chi connectivity index (χ3n) is 1.93. The summed E-state index contributed by atoms with van der Waals surface area (Å²) in [5, 5.41) is 0. The highest BCUT2D eigenvalue weighted by atomic mass is 127. The van der Waals surface area contributed by atoms with E-state index in [2.05, 4.69) is 0 Å². The highest BCUT2D eigenvalue weighted by Crippen LogP contribution is 2.27. The maximum Gasteiger partial charge on any atom is 0.184 e. The Balaban J connectivity index is 3.40. The first-order valence-electron chi connectivity index (χ1n) is 4.26. The maximum atomic E-state index is 12.1. The molecular weight excluding hydrogens is 311 g/mol. The lowest BCUT2D eigenvalue weighted by molar-refractivity contribution is 0.559. The Morgan fingerprint density at radius 1 is 1.14 bits per heavy atom. The molecule has 0 bridgehead atoms. The van der Waals surface area contributed by atoms with Crippen LogP contribution >= 0.6 is 22.6 Å². The van der Waals surface area contributed by atoms with Gasteiger partial charge in [-0.3, -0.25) is 0 Å². The van der Waals surface area contributed by atoms with E-state index in [-0.39, 0.29) is 0 Å². The SMILES string of the molecule is CC(C)(C)S(=O)(=O)c1ccccc1I. The summed E-state index contributed by atoms with van der Waals surface area (Å²) in [4.78, 5) is 0.424. The smallest absolute Gasteiger partial charge is 0.184 e. The highest BCUT2D eigenvalue weighted by Gasteiger charge is 2.31. The molecule has 0 unspecified atom stereocenters. The molecule has 0 atom stereocenters. The van der Waals surface area contributed by atoms with Crippen LogP contribution in [0.4, 0.5) is 0 Å². The van der Waals surface area contributed by atoms with Gasteiger partial charge in [0.15, 0.2) is 9.84 Å². The minimum atomic E-state index is -3.21. The molecule has 0 amide bonds. The van der Waals surface area contributed by atoms with E-state index in [1.54, 1.807) is 39.0 Å². The predicted octanol–water partition coefficient (Wildman–Crippen LogP) is 2.86. The quantitative estimate of drug-likeness (QED) is 0.745. The molecule has 14 heavy (non-hydrogen) atoms. The second kappa shape index (κ2) is 3.81. The summed E-state index contributed by atoms with van der Waals surface area (Å²) in [5.41, 5.74) is 0. The van der Waals surface area contributed by atoms with Crippen molar-refractivity contribution in [2.45, 2.75) is 30.4 Å². The zero-order valence-corrected chi connectivity index (χ0v) is 11.4. The topological polar surface area (TPSA) is 34.1 Å². The van der Waals surface area contributed by atoms with Crippen molar-refractivity contribution < 1.29 is 8.42 Å². The van der Waals surface area contributed by atoms with Crippen LogP contribution in [0.15, 0.2) is 29.2 Å². The van der Waals surface area contributed by atoms with Gasteiger partial charge in [0.25, 0.3) is 0 Å². The van der Waals surface area contributed by atoms with E-state index in [9.17, 15) is 8.42 Å². The lowest BCUT2D eigenvalue weighted by atomic mass is 10.3. The van der Waals surface area contributed by atoms with E-state index in [0.717, 1.165) is 3.57 Å². The molecule has 0 aromatic heterocycles. The number of hydrogen-bond donors (Lipinski definition) is 0. The highest BCUT2D eigenvalue weighted by molar-refractivity contribution is 14.1. The molecular formula is C10H13IO2S. The van der Waals surface area contributed by atoms with Crippen LogP contribution in [0, 0.1) is 3.57 Å². The van der Waals surface area contributed by atoms with Gasteiger partial charge in [0.05, 0.1) is 9.64 Å². The van der Waals surface area contributed by atoms with Crippen molar-refractivity contribution in [2.24, 2.45) is 0 Å². The maximum absolute atomic E-state index is 12.1. The van der Waals surface area contributed by atoms with Crippen LogP contribution in [0.2, 0.25) is 0 Å². The normalized spacial score (nSPS) is 12.9. The van der Waals surface area contributed by atoms with E-state index < -0.39 is 14.6 Å². The van der Waals surface area contributed by atoms with Crippen LogP contribution in [0.3, 0.4) is 0 Å². The Morgan fingerprint density at radius 3 is 2.07 bits per heavy atom. The summed E-state index contributed by atoms with van der Waals surface area (Å²) in [7, 11) is -3.21. The summed E-state index contributed by atoms with van der Waals surface area (Å²) < 4.78 is 24.2. The van der Waals surface area contributed by atoms with Gasteiger partial charge in [-0.1, -0.05) is 12.1 Å². The number of hydrogen-bond acceptors (Lipinski definition) is 2. The Labute approximate surface area is 98.8 Å². The van der Waals surface area contributed by atoms with Crippen LogP contribution in [-0.2, 0) is 9.84 Å². The molecule has 4 heteroatoms. The predicted molar refractivity (Wildman–Crippen MR) is 66.1 cm³/mol. The molecule has 2 nitrogen and oxygen atoms in total. The Hall–Kier alpha value is -0.100. The van der Waals surface area contributed by atoms with Crippen LogP contribution in [0.5, 0.6) is 0 Å². The van der Waals surface area contributed by atoms with Crippen LogP contribution in [-0.4, -0.2) is 13.2 Å². The van der Waals surface area contributed by atoms with E-state index in [4.69, 9.17) is 0 Å². The monoisotopic (exact) mass is 324 g/mol. The third kappa shape index (κ3) is 2.11. The second-order valence-electron chi connectivity index (χ2n) is 4.05. The van der Waals surface area contributed by atoms with Crippen LogP contribution < -0.4 is 0 Å². The zero-order chi connectivity index (χ0) is 11.0. The molecule has 78 valence electrons. The summed E-state index contributed by atoms with van der Waals surface area (Å²) >= 11 is 2.05. The Bertz CT molecular complexity index is 430. The van der Waals surface area contributed by atoms with E-state index in [1.807, 2.05) is 28.7 Å². The van der Waals surface area contributed by atoms with Gasteiger partial charge in [0.2, 0.25) is 0 Å². The van der Waals surface area contributed by atoms with Crippen molar-refractivity contribution in [3.63, 3.8) is 0 Å². The van der Waals surface area contributed by atoms with Crippen LogP contribution in [0.1, 0.15) is 20.8 Å². The Morgan fingerprint density at radius 2 is 1.64 bits per heavy atom. The summed E-state index contributed by atoms with van der Waals surface area (Å²) in [6.07, 6.45) is 0. The molecule has 1 aromatic carbocycles. The van der Waals surface area contributed by atoms with Gasteiger partial charge in [-0.2, -0.15) is 0 Å². The van der Waals surface area contributed by atoms with Gasteiger partial charge in [0, 0.05) is 3.57 Å². The number of halogens is 1. The largest absolute Gasteiger partial charge is 0.223 e. The Kier molecular flexibility index (Phi) is 3.26. The van der Waals surface area contributed by atoms with Gasteiger partial charge in [-0.15, -0.1) is 0 Å². The third-order valence-corrected chi connectivity index (χ3v) is 5.79. The fourth-order valence-electron chi connectivity index (χ4n) is 0.993. The van der Waals surface area contributed by atoms with E-state index in [1.165, 1.54) is 0 Å². The first kappa shape index (κ1) is 12.0. The first-order chi connectivity index (χ1) is 6.27. The molecule has 0 spiro atoms. The lowest BCUT2D eigenvalue weighted by Crippen LogP contribution is -2.28. The molecule has 1 aromatic rings. The van der Waals surface area contributed by atoms with Crippen molar-refractivity contribution >= 4 is 32.4 Å². The molecule has 0 fully saturated rings. The summed E-state index contributed by atoms with van der Waals surface area (Å²) in [5.74, 6) is 0. The molecule has 0 aliphatic rings. The van der Waals surface area contributed by atoms with Gasteiger partial charge < -0.3 is 0 Å². The molecule has 0 saturated carbocycles. The van der Waals surface area contributed by atoms with Crippen molar-refractivity contribution in [2.75, 3.05) is 0 Å². The van der Waals surface area contributed by atoms with E-state index >= 15 is 0 Å². The van der Waals surface area contributed by atoms with Gasteiger partial charge in [-0.05, 0) is 55.5 Å². The van der Waals surface area contributed by atoms with Crippen molar-refractivity contribution in [3.8, 4) is 0 Å². The van der Waals surface area contributed by atoms with Gasteiger partial charge in [0.1, 0.15) is 0 Å². The standard InChI is InChI=1S/C10H13IO2S/c1-10(2,3)14(12,13)9-7-5-4-6-8(9)11/h4-7H,1-3H3. The number of sulfone groups is 1. The number of benzene rings is 1. The average Bonchev–Trinajstić information content (AvgIpc) is 2.02. The molecule has 0 radical (unpaired) electrons. The minimum absolute atomic E-state index is 0.424. The average molecular weight is 324 g/mol. The first-order valence-corrected chi connectivity index (χ1v) is 6.82. The zero-order valence-electron chi connectivity index (χ0n) is 8.41. The fourth-order valence-corrected chi connectivity index (χ4v) is 3.49. The second-order valence-corrected chi connectivity index (χ2v) is 7.88. The van der Waals surface area contributed by atoms with Crippen molar-refractivity contribution in [1.82, 2.24) is 0 Å². The van der Waals surface area contributed by atoms with Gasteiger partial charge in [-0.25, -0.2) is 8.42 Å². The molecule has 0 heterocycles. The fraction of sp³-hybridized carbons (Fsp3) is 0.400. The molecule has 0 saturated heterocycles. The number of rotatable bonds is 1. The van der Waals surface area contributed by atoms with Gasteiger partial charge >= 0.3 is 0 Å². The van der Waals surface area contributed by atoms with Crippen molar-refractivity contribution in [1.29, 1.82) is 0 Å². The summed E-state index contributed by atoms with van der Waals surface area (Å²) in [6, 6.07) is 7.05. The molecule has 1 rings (SSSR count). The minimum Gasteiger partial charge on any atom is -0.223 e. The molecule has 0 N–H and O–H groups in total. The van der Waals surface area contributed by atoms with Crippen LogP contribution in [0.25, 0.3) is 0 Å². The van der Waals surface area contributed by atoms with E-state index in [0.29, 0.717) is 4.90 Å².